The monoisotopic (exact) mass is 395 g/mol. The minimum Gasteiger partial charge on any atom is -0.493 e. The molecule has 3 aliphatic rings. The summed E-state index contributed by atoms with van der Waals surface area (Å²) in [6.45, 7) is 1.62. The van der Waals surface area contributed by atoms with Gasteiger partial charge in [-0.3, -0.25) is 0 Å². The van der Waals surface area contributed by atoms with Crippen LogP contribution in [0.2, 0.25) is 0 Å². The van der Waals surface area contributed by atoms with Crippen molar-refractivity contribution in [1.29, 1.82) is 0 Å². The lowest BCUT2D eigenvalue weighted by Gasteiger charge is -2.39. The highest BCUT2D eigenvalue weighted by Gasteiger charge is 2.41. The molecule has 6 nitrogen and oxygen atoms in total. The molecule has 3 heterocycles. The number of para-hydroxylation sites is 2. The predicted octanol–water partition coefficient (Wildman–Crippen LogP) is 3.09. The van der Waals surface area contributed by atoms with Gasteiger partial charge in [-0.25, -0.2) is 13.4 Å². The van der Waals surface area contributed by atoms with Crippen molar-refractivity contribution in [2.24, 2.45) is 0 Å². The second kappa shape index (κ2) is 5.81. The smallest absolute Gasteiger partial charge is 0.243 e. The highest BCUT2D eigenvalue weighted by Crippen LogP contribution is 2.43. The maximum Gasteiger partial charge on any atom is 0.243 e. The van der Waals surface area contributed by atoms with Gasteiger partial charge in [0, 0.05) is 25.4 Å². The fraction of sp³-hybridized carbons (Fsp3) is 0.381. The number of rotatable bonds is 4. The van der Waals surface area contributed by atoms with E-state index in [1.165, 1.54) is 12.8 Å². The molecule has 2 fully saturated rings. The van der Waals surface area contributed by atoms with Crippen molar-refractivity contribution >= 4 is 21.1 Å². The Morgan fingerprint density at radius 2 is 1.89 bits per heavy atom. The molecule has 28 heavy (non-hydrogen) atoms. The molecule has 144 valence electrons. The van der Waals surface area contributed by atoms with Gasteiger partial charge in [0.25, 0.3) is 0 Å². The van der Waals surface area contributed by atoms with Crippen molar-refractivity contribution in [3.63, 3.8) is 0 Å². The maximum atomic E-state index is 13.1. The number of sulfonamides is 1. The summed E-state index contributed by atoms with van der Waals surface area (Å²) in [6, 6.07) is 13.5. The van der Waals surface area contributed by atoms with Crippen molar-refractivity contribution in [2.75, 3.05) is 19.7 Å². The SMILES string of the molecule is O=S(=O)(c1ccc2c(c1)CCO2)N1CC(n2c(C3CC3)nc3ccccc32)C1. The molecule has 7 heteroatoms. The molecule has 0 radical (unpaired) electrons. The lowest BCUT2D eigenvalue weighted by molar-refractivity contribution is 0.205. The number of hydrogen-bond donors (Lipinski definition) is 0. The van der Waals surface area contributed by atoms with E-state index >= 15 is 0 Å². The molecule has 1 aliphatic carbocycles. The van der Waals surface area contributed by atoms with Crippen LogP contribution in [0.3, 0.4) is 0 Å². The molecule has 1 saturated heterocycles. The van der Waals surface area contributed by atoms with E-state index in [-0.39, 0.29) is 6.04 Å². The summed E-state index contributed by atoms with van der Waals surface area (Å²) in [5.41, 5.74) is 3.10. The van der Waals surface area contributed by atoms with E-state index < -0.39 is 10.0 Å². The van der Waals surface area contributed by atoms with Crippen molar-refractivity contribution in [2.45, 2.75) is 36.1 Å². The fourth-order valence-corrected chi connectivity index (χ4v) is 5.89. The van der Waals surface area contributed by atoms with Crippen LogP contribution in [0.5, 0.6) is 5.75 Å². The first-order valence-electron chi connectivity index (χ1n) is 9.84. The van der Waals surface area contributed by atoms with Gasteiger partial charge in [0.1, 0.15) is 11.6 Å². The molecular weight excluding hydrogens is 374 g/mol. The van der Waals surface area contributed by atoms with Gasteiger partial charge in [-0.15, -0.1) is 0 Å². The van der Waals surface area contributed by atoms with E-state index in [1.54, 1.807) is 22.5 Å². The van der Waals surface area contributed by atoms with Crippen molar-refractivity contribution in [3.8, 4) is 5.75 Å². The standard InChI is InChI=1S/C21H21N3O3S/c25-28(26,17-7-8-20-15(11-17)9-10-27-20)23-12-16(13-23)24-19-4-2-1-3-18(19)22-21(24)14-5-6-14/h1-4,7-8,11,14,16H,5-6,9-10,12-13H2. The van der Waals surface area contributed by atoms with Gasteiger partial charge < -0.3 is 9.30 Å². The summed E-state index contributed by atoms with van der Waals surface area (Å²) < 4.78 is 35.5. The normalized spacial score (nSPS) is 20.1. The van der Waals surface area contributed by atoms with Gasteiger partial charge in [0.05, 0.1) is 28.6 Å². The summed E-state index contributed by atoms with van der Waals surface area (Å²) in [5.74, 6) is 2.45. The number of imidazole rings is 1. The third-order valence-corrected chi connectivity index (χ3v) is 7.89. The minimum atomic E-state index is -3.47. The van der Waals surface area contributed by atoms with E-state index in [2.05, 4.69) is 10.6 Å². The van der Waals surface area contributed by atoms with Crippen LogP contribution >= 0.6 is 0 Å². The Hall–Kier alpha value is -2.38. The summed E-state index contributed by atoms with van der Waals surface area (Å²) >= 11 is 0. The molecule has 0 bridgehead atoms. The predicted molar refractivity (Wildman–Crippen MR) is 105 cm³/mol. The molecule has 6 rings (SSSR count). The second-order valence-corrected chi connectivity index (χ2v) is 9.88. The molecule has 1 saturated carbocycles. The van der Waals surface area contributed by atoms with E-state index in [1.807, 2.05) is 18.2 Å². The molecule has 3 aromatic rings. The topological polar surface area (TPSA) is 64.4 Å². The van der Waals surface area contributed by atoms with E-state index in [4.69, 9.17) is 9.72 Å². The first-order valence-corrected chi connectivity index (χ1v) is 11.3. The summed E-state index contributed by atoms with van der Waals surface area (Å²) in [7, 11) is -3.47. The first-order chi connectivity index (χ1) is 13.6. The Kier molecular flexibility index (Phi) is 3.44. The van der Waals surface area contributed by atoms with Gasteiger partial charge in [-0.05, 0) is 48.7 Å². The first kappa shape index (κ1) is 16.6. The van der Waals surface area contributed by atoms with Crippen molar-refractivity contribution in [3.05, 3.63) is 53.9 Å². The molecule has 0 N–H and O–H groups in total. The Balaban J connectivity index is 1.30. The molecule has 0 unspecified atom stereocenters. The Labute approximate surface area is 163 Å². The third-order valence-electron chi connectivity index (χ3n) is 6.06. The molecule has 2 aliphatic heterocycles. The van der Waals surface area contributed by atoms with Crippen LogP contribution in [0, 0.1) is 0 Å². The van der Waals surface area contributed by atoms with Crippen molar-refractivity contribution in [1.82, 2.24) is 13.9 Å². The van der Waals surface area contributed by atoms with Crippen LogP contribution in [0.4, 0.5) is 0 Å². The number of aromatic nitrogens is 2. The number of fused-ring (bicyclic) bond motifs is 2. The van der Waals surface area contributed by atoms with Crippen LogP contribution in [-0.2, 0) is 16.4 Å². The van der Waals surface area contributed by atoms with Crippen LogP contribution in [0.25, 0.3) is 11.0 Å². The Morgan fingerprint density at radius 1 is 1.07 bits per heavy atom. The lowest BCUT2D eigenvalue weighted by atomic mass is 10.1. The molecular formula is C21H21N3O3S. The lowest BCUT2D eigenvalue weighted by Crippen LogP contribution is -2.50. The van der Waals surface area contributed by atoms with Gasteiger partial charge >= 0.3 is 0 Å². The van der Waals surface area contributed by atoms with E-state index in [9.17, 15) is 8.42 Å². The van der Waals surface area contributed by atoms with Crippen LogP contribution in [-0.4, -0.2) is 42.0 Å². The molecule has 0 spiro atoms. The largest absolute Gasteiger partial charge is 0.493 e. The zero-order chi connectivity index (χ0) is 18.9. The number of ether oxygens (including phenoxy) is 1. The highest BCUT2D eigenvalue weighted by molar-refractivity contribution is 7.89. The van der Waals surface area contributed by atoms with Gasteiger partial charge in [-0.2, -0.15) is 4.31 Å². The summed E-state index contributed by atoms with van der Waals surface area (Å²) in [5, 5.41) is 0. The van der Waals surface area contributed by atoms with Crippen LogP contribution in [0.15, 0.2) is 47.4 Å². The van der Waals surface area contributed by atoms with Gasteiger partial charge in [0.2, 0.25) is 10.0 Å². The number of hydrogen-bond acceptors (Lipinski definition) is 4. The zero-order valence-corrected chi connectivity index (χ0v) is 16.2. The van der Waals surface area contributed by atoms with Crippen LogP contribution in [0.1, 0.15) is 36.2 Å². The molecule has 2 aromatic carbocycles. The molecule has 0 amide bonds. The average molecular weight is 395 g/mol. The van der Waals surface area contributed by atoms with Gasteiger partial charge in [-0.1, -0.05) is 12.1 Å². The number of benzene rings is 2. The summed E-state index contributed by atoms with van der Waals surface area (Å²) in [4.78, 5) is 5.21. The summed E-state index contributed by atoms with van der Waals surface area (Å²) in [6.07, 6.45) is 3.12. The quantitative estimate of drug-likeness (QED) is 0.681. The van der Waals surface area contributed by atoms with Gasteiger partial charge in [0.15, 0.2) is 0 Å². The van der Waals surface area contributed by atoms with E-state index in [0.717, 1.165) is 34.6 Å². The Morgan fingerprint density at radius 3 is 2.71 bits per heavy atom. The maximum absolute atomic E-state index is 13.1. The fourth-order valence-electron chi connectivity index (χ4n) is 4.33. The van der Waals surface area contributed by atoms with Crippen molar-refractivity contribution < 1.29 is 13.2 Å². The third kappa shape index (κ3) is 2.42. The Bertz CT molecular complexity index is 1190. The second-order valence-electron chi connectivity index (χ2n) is 7.95. The molecule has 0 atom stereocenters. The highest BCUT2D eigenvalue weighted by atomic mass is 32.2. The number of nitrogens with zero attached hydrogens (tertiary/aromatic N) is 3. The molecule has 1 aromatic heterocycles. The van der Waals surface area contributed by atoms with E-state index in [0.29, 0.717) is 30.5 Å². The average Bonchev–Trinajstić information content (AvgIpc) is 3.27. The minimum absolute atomic E-state index is 0.149. The van der Waals surface area contributed by atoms with Crippen LogP contribution < -0.4 is 4.74 Å². The zero-order valence-electron chi connectivity index (χ0n) is 15.4.